The highest BCUT2D eigenvalue weighted by atomic mass is 35.5. The average Bonchev–Trinajstić information content (AvgIpc) is 3.44. The molecule has 0 bridgehead atoms. The molecular weight excluding hydrogens is 519 g/mol. The second-order valence-corrected chi connectivity index (χ2v) is 10.0. The van der Waals surface area contributed by atoms with Gasteiger partial charge in [0.2, 0.25) is 0 Å². The quantitative estimate of drug-likeness (QED) is 0.259. The Kier molecular flexibility index (Phi) is 6.25. The third-order valence-electron chi connectivity index (χ3n) is 5.67. The van der Waals surface area contributed by atoms with Gasteiger partial charge in [-0.05, 0) is 53.4 Å². The SMILES string of the molecule is COc1cc(-c2ccc(Cl)c(F)c2)c(C#N)cc1N(c1ccon1)S(=O)(=O)c1ccc2cnccc2c1. The van der Waals surface area contributed by atoms with Gasteiger partial charge in [-0.25, -0.2) is 17.1 Å². The zero-order chi connectivity index (χ0) is 26.2. The van der Waals surface area contributed by atoms with Crippen molar-refractivity contribution in [2.45, 2.75) is 4.90 Å². The Bertz CT molecular complexity index is 1790. The molecule has 0 unspecified atom stereocenters. The number of ether oxygens (including phenoxy) is 1. The molecular formula is C26H16ClFN4O4S. The minimum atomic E-state index is -4.29. The molecule has 2 aromatic heterocycles. The number of hydrogen-bond acceptors (Lipinski definition) is 7. The van der Waals surface area contributed by atoms with E-state index in [-0.39, 0.29) is 32.7 Å². The summed E-state index contributed by atoms with van der Waals surface area (Å²) in [6, 6.07) is 16.7. The molecule has 0 saturated heterocycles. The first-order chi connectivity index (χ1) is 17.8. The van der Waals surface area contributed by atoms with Crippen LogP contribution in [0.1, 0.15) is 5.56 Å². The van der Waals surface area contributed by atoms with E-state index in [0.717, 1.165) is 9.69 Å². The Morgan fingerprint density at radius 2 is 1.92 bits per heavy atom. The van der Waals surface area contributed by atoms with E-state index in [4.69, 9.17) is 20.9 Å². The van der Waals surface area contributed by atoms with Gasteiger partial charge >= 0.3 is 0 Å². The van der Waals surface area contributed by atoms with Gasteiger partial charge in [-0.1, -0.05) is 28.9 Å². The number of nitriles is 1. The Hall–Kier alpha value is -4.46. The smallest absolute Gasteiger partial charge is 0.270 e. The monoisotopic (exact) mass is 534 g/mol. The zero-order valence-electron chi connectivity index (χ0n) is 19.1. The van der Waals surface area contributed by atoms with Crippen LogP contribution in [0.5, 0.6) is 5.75 Å². The number of aromatic nitrogens is 2. The van der Waals surface area contributed by atoms with Crippen molar-refractivity contribution in [1.29, 1.82) is 5.26 Å². The van der Waals surface area contributed by atoms with Crippen molar-refractivity contribution in [2.75, 3.05) is 11.4 Å². The fraction of sp³-hybridized carbons (Fsp3) is 0.0385. The highest BCUT2D eigenvalue weighted by Crippen LogP contribution is 2.42. The molecule has 3 aromatic carbocycles. The minimum absolute atomic E-state index is 0.0148. The first-order valence-corrected chi connectivity index (χ1v) is 12.5. The van der Waals surface area contributed by atoms with Crippen molar-refractivity contribution in [3.05, 3.63) is 95.7 Å². The predicted molar refractivity (Wildman–Crippen MR) is 136 cm³/mol. The van der Waals surface area contributed by atoms with E-state index in [1.54, 1.807) is 30.6 Å². The second-order valence-electron chi connectivity index (χ2n) is 7.82. The number of benzene rings is 3. The molecule has 0 N–H and O–H groups in total. The third kappa shape index (κ3) is 4.35. The van der Waals surface area contributed by atoms with Gasteiger partial charge in [-0.3, -0.25) is 4.98 Å². The Morgan fingerprint density at radius 1 is 1.08 bits per heavy atom. The fourth-order valence-electron chi connectivity index (χ4n) is 3.90. The van der Waals surface area contributed by atoms with Crippen molar-refractivity contribution < 1.29 is 22.1 Å². The van der Waals surface area contributed by atoms with Crippen LogP contribution in [0.3, 0.4) is 0 Å². The van der Waals surface area contributed by atoms with Gasteiger partial charge < -0.3 is 9.26 Å². The van der Waals surface area contributed by atoms with Crippen LogP contribution in [0, 0.1) is 17.1 Å². The van der Waals surface area contributed by atoms with Gasteiger partial charge in [-0.2, -0.15) is 5.26 Å². The third-order valence-corrected chi connectivity index (χ3v) is 7.69. The van der Waals surface area contributed by atoms with Crippen LogP contribution in [-0.4, -0.2) is 25.7 Å². The van der Waals surface area contributed by atoms with Crippen molar-refractivity contribution in [3.63, 3.8) is 0 Å². The van der Waals surface area contributed by atoms with E-state index < -0.39 is 15.8 Å². The molecule has 0 aliphatic carbocycles. The van der Waals surface area contributed by atoms with Gasteiger partial charge in [0.1, 0.15) is 23.5 Å². The van der Waals surface area contributed by atoms with Crippen LogP contribution < -0.4 is 9.04 Å². The highest BCUT2D eigenvalue weighted by Gasteiger charge is 2.32. The summed E-state index contributed by atoms with van der Waals surface area (Å²) >= 11 is 5.81. The molecule has 2 heterocycles. The number of methoxy groups -OCH3 is 1. The summed E-state index contributed by atoms with van der Waals surface area (Å²) in [6.07, 6.45) is 4.42. The second kappa shape index (κ2) is 9.54. The molecule has 37 heavy (non-hydrogen) atoms. The lowest BCUT2D eigenvalue weighted by Crippen LogP contribution is -2.27. The number of halogens is 2. The predicted octanol–water partition coefficient (Wildman–Crippen LogP) is 6.09. The van der Waals surface area contributed by atoms with Gasteiger partial charge in [0, 0.05) is 29.4 Å². The molecule has 5 aromatic rings. The number of fused-ring (bicyclic) bond motifs is 1. The fourth-order valence-corrected chi connectivity index (χ4v) is 5.49. The Morgan fingerprint density at radius 3 is 2.62 bits per heavy atom. The topological polar surface area (TPSA) is 109 Å². The zero-order valence-corrected chi connectivity index (χ0v) is 20.7. The number of anilines is 2. The molecule has 0 aliphatic heterocycles. The van der Waals surface area contributed by atoms with Crippen LogP contribution in [0.4, 0.5) is 15.9 Å². The van der Waals surface area contributed by atoms with Gasteiger partial charge in [-0.15, -0.1) is 0 Å². The lowest BCUT2D eigenvalue weighted by atomic mass is 9.99. The van der Waals surface area contributed by atoms with Crippen molar-refractivity contribution in [3.8, 4) is 22.9 Å². The van der Waals surface area contributed by atoms with Crippen molar-refractivity contribution in [1.82, 2.24) is 10.1 Å². The first-order valence-electron chi connectivity index (χ1n) is 10.7. The first kappa shape index (κ1) is 24.2. The molecule has 0 spiro atoms. The van der Waals surface area contributed by atoms with Crippen molar-refractivity contribution in [2.24, 2.45) is 0 Å². The molecule has 0 saturated carbocycles. The molecule has 0 aliphatic rings. The van der Waals surface area contributed by atoms with E-state index in [2.05, 4.69) is 16.2 Å². The van der Waals surface area contributed by atoms with E-state index in [1.807, 2.05) is 0 Å². The van der Waals surface area contributed by atoms with Crippen molar-refractivity contribution >= 4 is 43.9 Å². The lowest BCUT2D eigenvalue weighted by molar-refractivity contribution is 0.414. The summed E-state index contributed by atoms with van der Waals surface area (Å²) in [4.78, 5) is 4.02. The van der Waals surface area contributed by atoms with E-state index in [9.17, 15) is 18.1 Å². The summed E-state index contributed by atoms with van der Waals surface area (Å²) in [5.74, 6) is -0.618. The molecule has 0 atom stereocenters. The van der Waals surface area contributed by atoms with Gasteiger partial charge in [0.25, 0.3) is 10.0 Å². The molecule has 11 heteroatoms. The largest absolute Gasteiger partial charge is 0.495 e. The van der Waals surface area contributed by atoms with Crippen LogP contribution >= 0.6 is 11.6 Å². The average molecular weight is 535 g/mol. The van der Waals surface area contributed by atoms with E-state index in [0.29, 0.717) is 16.5 Å². The number of pyridine rings is 1. The number of rotatable bonds is 6. The molecule has 184 valence electrons. The van der Waals surface area contributed by atoms with E-state index in [1.165, 1.54) is 55.8 Å². The normalized spacial score (nSPS) is 11.3. The van der Waals surface area contributed by atoms with Crippen LogP contribution in [0.15, 0.2) is 88.7 Å². The Balaban J connectivity index is 1.73. The standard InChI is InChI=1S/C26H16ClFN4O4S/c1-35-25-13-21(17-3-5-22(27)23(28)11-17)19(14-29)12-24(25)32(26-7-9-36-31-26)37(33,34)20-4-2-18-15-30-8-6-16(18)10-20/h2-13,15H,1H3. The number of sulfonamides is 1. The lowest BCUT2D eigenvalue weighted by Gasteiger charge is -2.24. The molecule has 0 radical (unpaired) electrons. The molecule has 8 nitrogen and oxygen atoms in total. The summed E-state index contributed by atoms with van der Waals surface area (Å²) < 4.78 is 53.6. The summed E-state index contributed by atoms with van der Waals surface area (Å²) in [5.41, 5.74) is 0.781. The van der Waals surface area contributed by atoms with E-state index >= 15 is 0 Å². The highest BCUT2D eigenvalue weighted by molar-refractivity contribution is 7.93. The van der Waals surface area contributed by atoms with Crippen LogP contribution in [-0.2, 0) is 10.0 Å². The van der Waals surface area contributed by atoms with Gasteiger partial charge in [0.15, 0.2) is 5.82 Å². The maximum atomic E-state index is 14.2. The molecule has 0 amide bonds. The van der Waals surface area contributed by atoms with Crippen LogP contribution in [0.25, 0.3) is 21.9 Å². The summed E-state index contributed by atoms with van der Waals surface area (Å²) in [7, 11) is -2.94. The van der Waals surface area contributed by atoms with Gasteiger partial charge in [0.05, 0.1) is 28.7 Å². The summed E-state index contributed by atoms with van der Waals surface area (Å²) in [5, 5.41) is 15.1. The minimum Gasteiger partial charge on any atom is -0.495 e. The number of hydrogen-bond donors (Lipinski definition) is 0. The van der Waals surface area contributed by atoms with Crippen LogP contribution in [0.2, 0.25) is 5.02 Å². The maximum absolute atomic E-state index is 14.2. The molecule has 0 fully saturated rings. The Labute approximate surface area is 216 Å². The summed E-state index contributed by atoms with van der Waals surface area (Å²) in [6.45, 7) is 0. The molecule has 5 rings (SSSR count). The number of nitrogens with zero attached hydrogens (tertiary/aromatic N) is 4. The maximum Gasteiger partial charge on any atom is 0.270 e.